The van der Waals surface area contributed by atoms with Crippen LogP contribution in [0, 0.1) is 5.92 Å². The Labute approximate surface area is 188 Å². The third-order valence-corrected chi connectivity index (χ3v) is 10.2. The zero-order valence-corrected chi connectivity index (χ0v) is 19.2. The van der Waals surface area contributed by atoms with E-state index in [0.717, 1.165) is 24.2 Å². The van der Waals surface area contributed by atoms with Crippen LogP contribution >= 0.6 is 0 Å². The van der Waals surface area contributed by atoms with E-state index in [2.05, 4.69) is 9.62 Å². The molecule has 8 nitrogen and oxygen atoms in total. The van der Waals surface area contributed by atoms with Crippen LogP contribution in [0.25, 0.3) is 0 Å². The number of piperidine rings is 1. The lowest BCUT2D eigenvalue weighted by molar-refractivity contribution is -0.190. The molecule has 3 aliphatic carbocycles. The number of nitrogens with two attached hydrogens (primary N) is 1. The minimum atomic E-state index is -3.46. The zero-order chi connectivity index (χ0) is 22.5. The number of ether oxygens (including phenoxy) is 1. The van der Waals surface area contributed by atoms with Crippen LogP contribution in [0.3, 0.4) is 0 Å². The fourth-order valence-corrected chi connectivity index (χ4v) is 7.99. The normalized spacial score (nSPS) is 37.6. The van der Waals surface area contributed by atoms with Crippen molar-refractivity contribution in [3.05, 3.63) is 28.8 Å². The van der Waals surface area contributed by atoms with Gasteiger partial charge in [0.05, 0.1) is 28.4 Å². The highest BCUT2D eigenvalue weighted by Gasteiger charge is 2.73. The van der Waals surface area contributed by atoms with Crippen LogP contribution in [-0.2, 0) is 21.9 Å². The molecule has 1 spiro atoms. The van der Waals surface area contributed by atoms with Crippen molar-refractivity contribution in [1.29, 1.82) is 0 Å². The summed E-state index contributed by atoms with van der Waals surface area (Å²) in [7, 11) is -3.46. The van der Waals surface area contributed by atoms with Crippen LogP contribution in [0.1, 0.15) is 60.5 Å². The summed E-state index contributed by atoms with van der Waals surface area (Å²) in [6.07, 6.45) is 4.30. The first-order valence-corrected chi connectivity index (χ1v) is 13.4. The predicted octanol–water partition coefficient (Wildman–Crippen LogP) is 0.658. The molecule has 0 aromatic heterocycles. The van der Waals surface area contributed by atoms with Gasteiger partial charge in [0.1, 0.15) is 11.9 Å². The number of rotatable bonds is 6. The fourth-order valence-electron chi connectivity index (χ4n) is 7.12. The smallest absolute Gasteiger partial charge is 0.252 e. The molecule has 174 valence electrons. The Morgan fingerprint density at radius 3 is 2.78 bits per heavy atom. The lowest BCUT2D eigenvalue weighted by Crippen LogP contribution is -2.78. The molecule has 9 heteroatoms. The minimum Gasteiger partial charge on any atom is -0.487 e. The van der Waals surface area contributed by atoms with Crippen molar-refractivity contribution in [3.63, 3.8) is 0 Å². The molecule has 0 unspecified atom stereocenters. The highest BCUT2D eigenvalue weighted by molar-refractivity contribution is 7.89. The summed E-state index contributed by atoms with van der Waals surface area (Å²) in [5, 5.41) is 12.4. The first kappa shape index (κ1) is 20.9. The summed E-state index contributed by atoms with van der Waals surface area (Å²) >= 11 is 0. The van der Waals surface area contributed by atoms with Gasteiger partial charge in [0.2, 0.25) is 10.0 Å². The zero-order valence-electron chi connectivity index (χ0n) is 18.3. The van der Waals surface area contributed by atoms with Crippen molar-refractivity contribution in [2.75, 3.05) is 18.8 Å². The van der Waals surface area contributed by atoms with Gasteiger partial charge in [-0.1, -0.05) is 6.07 Å². The molecule has 1 aromatic rings. The number of aliphatic hydroxyl groups is 1. The molecule has 2 aliphatic heterocycles. The Bertz CT molecular complexity index is 1100. The number of carbonyl (C=O) groups is 1. The quantitative estimate of drug-likeness (QED) is 0.572. The summed E-state index contributed by atoms with van der Waals surface area (Å²) in [6, 6.07) is 3.18. The summed E-state index contributed by atoms with van der Waals surface area (Å²) in [6.45, 7) is 3.44. The van der Waals surface area contributed by atoms with Gasteiger partial charge in [-0.2, -0.15) is 0 Å². The van der Waals surface area contributed by atoms with Gasteiger partial charge in [0, 0.05) is 18.2 Å². The van der Waals surface area contributed by atoms with Gasteiger partial charge in [0.15, 0.2) is 0 Å². The van der Waals surface area contributed by atoms with Crippen LogP contribution in [0.4, 0.5) is 0 Å². The Morgan fingerprint density at radius 1 is 1.31 bits per heavy atom. The highest BCUT2D eigenvalue weighted by Crippen LogP contribution is 2.64. The number of sulfonamides is 1. The first-order valence-electron chi connectivity index (χ1n) is 11.8. The van der Waals surface area contributed by atoms with E-state index < -0.39 is 39.1 Å². The Hall–Kier alpha value is -1.68. The van der Waals surface area contributed by atoms with Crippen LogP contribution in [-0.4, -0.2) is 67.0 Å². The lowest BCUT2D eigenvalue weighted by atomic mass is 9.48. The fraction of sp³-hybridized carbons (Fsp3) is 0.696. The number of primary amides is 1. The molecule has 6 rings (SSSR count). The van der Waals surface area contributed by atoms with Gasteiger partial charge in [-0.15, -0.1) is 0 Å². The molecule has 4 N–H and O–H groups in total. The van der Waals surface area contributed by atoms with E-state index in [4.69, 9.17) is 10.5 Å². The first-order chi connectivity index (χ1) is 15.2. The monoisotopic (exact) mass is 461 g/mol. The molecular formula is C23H31N3O5S. The molecule has 32 heavy (non-hydrogen) atoms. The summed E-state index contributed by atoms with van der Waals surface area (Å²) in [4.78, 5) is 14.7. The van der Waals surface area contributed by atoms with Gasteiger partial charge >= 0.3 is 0 Å². The third kappa shape index (κ3) is 2.65. The van der Waals surface area contributed by atoms with Gasteiger partial charge in [0.25, 0.3) is 5.91 Å². The van der Waals surface area contributed by atoms with Gasteiger partial charge < -0.3 is 15.6 Å². The van der Waals surface area contributed by atoms with Crippen molar-refractivity contribution >= 4 is 15.9 Å². The summed E-state index contributed by atoms with van der Waals surface area (Å²) in [5.74, 6) is 0.580. The number of amides is 1. The number of hydrogen-bond donors (Lipinski definition) is 3. The molecular weight excluding hydrogens is 430 g/mol. The average molecular weight is 462 g/mol. The van der Waals surface area contributed by atoms with E-state index in [1.54, 1.807) is 13.0 Å². The predicted molar refractivity (Wildman–Crippen MR) is 118 cm³/mol. The molecule has 1 amide bonds. The standard InChI is InChI=1S/C23H31N3O5S/c1-2-32(29,30)25-16-7-8-23(28)17-11-14-5-6-15(21(24)27)19-18(14)22(23,20(16)31-19)9-10-26(17)12-13-3-4-13/h5-6,13,16-17,20,25,28H,2-4,7-12H2,1H3,(H2,24,27)/t16-,17-,20+,22+,23-/m1/s1. The van der Waals surface area contributed by atoms with Crippen molar-refractivity contribution in [2.24, 2.45) is 11.7 Å². The molecule has 0 radical (unpaired) electrons. The van der Waals surface area contributed by atoms with Gasteiger partial charge in [-0.3, -0.25) is 9.69 Å². The third-order valence-electron chi connectivity index (χ3n) is 8.76. The van der Waals surface area contributed by atoms with Crippen LogP contribution in [0.15, 0.2) is 12.1 Å². The molecule has 3 fully saturated rings. The van der Waals surface area contributed by atoms with E-state index >= 15 is 0 Å². The lowest BCUT2D eigenvalue weighted by Gasteiger charge is -2.64. The average Bonchev–Trinajstić information content (AvgIpc) is 3.49. The van der Waals surface area contributed by atoms with Crippen LogP contribution in [0.5, 0.6) is 5.75 Å². The van der Waals surface area contributed by atoms with Crippen molar-refractivity contribution in [3.8, 4) is 5.75 Å². The molecule has 2 heterocycles. The van der Waals surface area contributed by atoms with E-state index in [-0.39, 0.29) is 11.8 Å². The maximum Gasteiger partial charge on any atom is 0.252 e. The maximum atomic E-state index is 12.5. The number of hydrogen-bond acceptors (Lipinski definition) is 6. The molecule has 5 aliphatic rings. The maximum absolute atomic E-state index is 12.5. The number of nitrogens with zero attached hydrogens (tertiary/aromatic N) is 1. The topological polar surface area (TPSA) is 122 Å². The van der Waals surface area contributed by atoms with Crippen molar-refractivity contribution in [1.82, 2.24) is 9.62 Å². The molecule has 1 aromatic carbocycles. The van der Waals surface area contributed by atoms with E-state index in [0.29, 0.717) is 42.9 Å². The largest absolute Gasteiger partial charge is 0.487 e. The Morgan fingerprint density at radius 2 is 2.09 bits per heavy atom. The SMILES string of the molecule is CCS(=O)(=O)N[C@@H]1CC[C@@]2(O)[C@H]3Cc4ccc(C(N)=O)c5c4[C@@]2(CCN3CC2CC2)[C@H]1O5. The minimum absolute atomic E-state index is 0.0178. The van der Waals surface area contributed by atoms with Gasteiger partial charge in [-0.25, -0.2) is 13.1 Å². The number of benzene rings is 1. The molecule has 2 saturated carbocycles. The second kappa shape index (κ2) is 6.68. The Balaban J connectivity index is 1.52. The second-order valence-corrected chi connectivity index (χ2v) is 12.4. The summed E-state index contributed by atoms with van der Waals surface area (Å²) in [5.41, 5.74) is 6.19. The van der Waals surface area contributed by atoms with Crippen LogP contribution < -0.4 is 15.2 Å². The number of carbonyl (C=O) groups excluding carboxylic acids is 1. The molecule has 5 atom stereocenters. The Kier molecular flexibility index (Phi) is 4.36. The highest BCUT2D eigenvalue weighted by atomic mass is 32.2. The van der Waals surface area contributed by atoms with E-state index in [1.807, 2.05) is 6.07 Å². The number of likely N-dealkylation sites (tertiary alicyclic amines) is 1. The van der Waals surface area contributed by atoms with Crippen molar-refractivity contribution in [2.45, 2.75) is 74.7 Å². The molecule has 1 saturated heterocycles. The second-order valence-electron chi connectivity index (χ2n) is 10.3. The van der Waals surface area contributed by atoms with E-state index in [1.165, 1.54) is 12.8 Å². The molecule has 2 bridgehead atoms. The summed E-state index contributed by atoms with van der Waals surface area (Å²) < 4.78 is 34.3. The van der Waals surface area contributed by atoms with E-state index in [9.17, 15) is 18.3 Å². The van der Waals surface area contributed by atoms with Crippen LogP contribution in [0.2, 0.25) is 0 Å². The number of nitrogens with one attached hydrogen (secondary N) is 1. The van der Waals surface area contributed by atoms with Crippen molar-refractivity contribution < 1.29 is 23.1 Å². The van der Waals surface area contributed by atoms with Gasteiger partial charge in [-0.05, 0) is 69.5 Å².